The highest BCUT2D eigenvalue weighted by Gasteiger charge is 2.27. The number of hydrogen-bond acceptors (Lipinski definition) is 5. The molecule has 0 radical (unpaired) electrons. The fourth-order valence-corrected chi connectivity index (χ4v) is 3.80. The van der Waals surface area contributed by atoms with Crippen LogP contribution in [0.5, 0.6) is 0 Å². The van der Waals surface area contributed by atoms with Gasteiger partial charge in [-0.3, -0.25) is 25.0 Å². The van der Waals surface area contributed by atoms with E-state index in [2.05, 4.69) is 5.32 Å². The minimum atomic E-state index is -0.552. The van der Waals surface area contributed by atoms with E-state index in [1.54, 1.807) is 41.1 Å². The summed E-state index contributed by atoms with van der Waals surface area (Å²) in [5.41, 5.74) is 1.23. The standard InChI is InChI=1S/C19H12FN3O4S/c20-13-5-2-1-4-11(13)9-22-10-12(8-16-18(24)21-19(25)28-16)17-14(22)6-3-7-15(17)23(26)27/h1-8,10H,9H2,(H,21,24,25)/b16-8-. The van der Waals surface area contributed by atoms with Gasteiger partial charge < -0.3 is 4.57 Å². The van der Waals surface area contributed by atoms with Gasteiger partial charge in [0.2, 0.25) is 0 Å². The number of nitro benzene ring substituents is 1. The highest BCUT2D eigenvalue weighted by Crippen LogP contribution is 2.35. The van der Waals surface area contributed by atoms with E-state index in [0.29, 0.717) is 22.0 Å². The molecule has 7 nitrogen and oxygen atoms in total. The summed E-state index contributed by atoms with van der Waals surface area (Å²) in [6.07, 6.45) is 3.06. The van der Waals surface area contributed by atoms with Crippen LogP contribution in [-0.4, -0.2) is 20.6 Å². The number of benzene rings is 2. The van der Waals surface area contributed by atoms with Gasteiger partial charge in [-0.2, -0.15) is 0 Å². The highest BCUT2D eigenvalue weighted by atomic mass is 32.2. The van der Waals surface area contributed by atoms with E-state index >= 15 is 0 Å². The largest absolute Gasteiger partial charge is 0.342 e. The number of amides is 2. The molecule has 1 aliphatic rings. The van der Waals surface area contributed by atoms with Gasteiger partial charge in [0.25, 0.3) is 16.8 Å². The lowest BCUT2D eigenvalue weighted by atomic mass is 10.1. The minimum absolute atomic E-state index is 0.133. The second-order valence-electron chi connectivity index (χ2n) is 6.08. The van der Waals surface area contributed by atoms with Crippen LogP contribution in [0.3, 0.4) is 0 Å². The Hall–Kier alpha value is -3.46. The van der Waals surface area contributed by atoms with E-state index in [1.165, 1.54) is 18.2 Å². The van der Waals surface area contributed by atoms with Gasteiger partial charge in [0.15, 0.2) is 0 Å². The van der Waals surface area contributed by atoms with Crippen LogP contribution in [0.1, 0.15) is 11.1 Å². The number of rotatable bonds is 4. The quantitative estimate of drug-likeness (QED) is 0.407. The van der Waals surface area contributed by atoms with Gasteiger partial charge in [-0.15, -0.1) is 0 Å². The van der Waals surface area contributed by atoms with Crippen LogP contribution in [0.15, 0.2) is 53.6 Å². The van der Waals surface area contributed by atoms with Crippen LogP contribution in [0.4, 0.5) is 14.9 Å². The Labute approximate surface area is 162 Å². The van der Waals surface area contributed by atoms with Crippen molar-refractivity contribution in [3.63, 3.8) is 0 Å². The number of carbonyl (C=O) groups is 2. The molecule has 1 fully saturated rings. The zero-order valence-electron chi connectivity index (χ0n) is 14.2. The van der Waals surface area contributed by atoms with Crippen molar-refractivity contribution in [1.29, 1.82) is 0 Å². The fraction of sp³-hybridized carbons (Fsp3) is 0.0526. The molecule has 0 atom stereocenters. The molecule has 4 rings (SSSR count). The molecular formula is C19H12FN3O4S. The number of nitrogens with one attached hydrogen (secondary N) is 1. The molecule has 0 unspecified atom stereocenters. The zero-order valence-corrected chi connectivity index (χ0v) is 15.0. The fourth-order valence-electron chi connectivity index (χ4n) is 3.13. The molecule has 2 heterocycles. The van der Waals surface area contributed by atoms with Crippen LogP contribution in [0.2, 0.25) is 0 Å². The predicted octanol–water partition coefficient (Wildman–Crippen LogP) is 4.06. The summed E-state index contributed by atoms with van der Waals surface area (Å²) >= 11 is 0.729. The Morgan fingerprint density at radius 3 is 2.64 bits per heavy atom. The second kappa shape index (κ2) is 6.93. The van der Waals surface area contributed by atoms with Crippen LogP contribution in [0.25, 0.3) is 17.0 Å². The molecule has 2 amide bonds. The summed E-state index contributed by atoms with van der Waals surface area (Å²) in [4.78, 5) is 34.4. The van der Waals surface area contributed by atoms with Gasteiger partial charge in [0.1, 0.15) is 5.82 Å². The molecule has 140 valence electrons. The van der Waals surface area contributed by atoms with E-state index in [-0.39, 0.29) is 23.0 Å². The molecule has 0 aliphatic carbocycles. The van der Waals surface area contributed by atoms with Crippen molar-refractivity contribution in [2.24, 2.45) is 0 Å². The van der Waals surface area contributed by atoms with Crippen LogP contribution >= 0.6 is 11.8 Å². The summed E-state index contributed by atoms with van der Waals surface area (Å²) in [6.45, 7) is 0.159. The Bertz CT molecular complexity index is 1190. The van der Waals surface area contributed by atoms with Crippen molar-refractivity contribution in [2.45, 2.75) is 6.54 Å². The SMILES string of the molecule is O=C1NC(=O)/C(=C/c2cn(Cc3ccccc3F)c3cccc([N+](=O)[O-])c23)S1. The first-order valence-electron chi connectivity index (χ1n) is 8.18. The lowest BCUT2D eigenvalue weighted by Gasteiger charge is -2.06. The first-order valence-corrected chi connectivity index (χ1v) is 9.00. The highest BCUT2D eigenvalue weighted by molar-refractivity contribution is 8.18. The average Bonchev–Trinajstić information content (AvgIpc) is 3.16. The zero-order chi connectivity index (χ0) is 19.8. The molecule has 28 heavy (non-hydrogen) atoms. The molecule has 1 saturated heterocycles. The Balaban J connectivity index is 1.90. The molecule has 0 saturated carbocycles. The van der Waals surface area contributed by atoms with Crippen LogP contribution < -0.4 is 5.32 Å². The molecule has 1 N–H and O–H groups in total. The van der Waals surface area contributed by atoms with Crippen molar-refractivity contribution >= 4 is 45.6 Å². The third-order valence-electron chi connectivity index (χ3n) is 4.34. The molecule has 1 aromatic heterocycles. The summed E-state index contributed by atoms with van der Waals surface area (Å²) in [5, 5.41) is 13.5. The molecule has 0 bridgehead atoms. The molecule has 9 heteroatoms. The molecule has 2 aromatic carbocycles. The van der Waals surface area contributed by atoms with E-state index in [1.807, 2.05) is 0 Å². The molecule has 1 aliphatic heterocycles. The number of thioether (sulfide) groups is 1. The van der Waals surface area contributed by atoms with Gasteiger partial charge >= 0.3 is 0 Å². The lowest BCUT2D eigenvalue weighted by molar-refractivity contribution is -0.383. The van der Waals surface area contributed by atoms with Gasteiger partial charge in [0, 0.05) is 23.4 Å². The maximum absolute atomic E-state index is 14.1. The number of aromatic nitrogens is 1. The monoisotopic (exact) mass is 397 g/mol. The number of halogens is 1. The van der Waals surface area contributed by atoms with Crippen LogP contribution in [0, 0.1) is 15.9 Å². The van der Waals surface area contributed by atoms with Gasteiger partial charge in [-0.25, -0.2) is 4.39 Å². The minimum Gasteiger partial charge on any atom is -0.342 e. The van der Waals surface area contributed by atoms with E-state index in [4.69, 9.17) is 0 Å². The van der Waals surface area contributed by atoms with Crippen molar-refractivity contribution in [2.75, 3.05) is 0 Å². The van der Waals surface area contributed by atoms with Crippen LogP contribution in [-0.2, 0) is 11.3 Å². The molecule has 0 spiro atoms. The number of nitrogens with zero attached hydrogens (tertiary/aromatic N) is 2. The maximum Gasteiger partial charge on any atom is 0.290 e. The summed E-state index contributed by atoms with van der Waals surface area (Å²) in [7, 11) is 0. The lowest BCUT2D eigenvalue weighted by Crippen LogP contribution is -2.17. The predicted molar refractivity (Wildman–Crippen MR) is 103 cm³/mol. The Morgan fingerprint density at radius 2 is 1.96 bits per heavy atom. The van der Waals surface area contributed by atoms with Gasteiger partial charge in [-0.05, 0) is 30.0 Å². The topological polar surface area (TPSA) is 94.2 Å². The Kier molecular flexibility index (Phi) is 4.44. The number of non-ortho nitro benzene ring substituents is 1. The third-order valence-corrected chi connectivity index (χ3v) is 5.15. The number of nitro groups is 1. The number of hydrogen-bond donors (Lipinski definition) is 1. The number of imide groups is 1. The Morgan fingerprint density at radius 1 is 1.18 bits per heavy atom. The van der Waals surface area contributed by atoms with Crippen molar-refractivity contribution in [3.8, 4) is 0 Å². The summed E-state index contributed by atoms with van der Waals surface area (Å²) in [5.74, 6) is -0.936. The van der Waals surface area contributed by atoms with Gasteiger partial charge in [-0.1, -0.05) is 24.3 Å². The average molecular weight is 397 g/mol. The second-order valence-corrected chi connectivity index (χ2v) is 7.10. The van der Waals surface area contributed by atoms with E-state index in [0.717, 1.165) is 11.8 Å². The number of carbonyl (C=O) groups excluding carboxylic acids is 2. The summed E-state index contributed by atoms with van der Waals surface area (Å²) < 4.78 is 15.8. The molecule has 3 aromatic rings. The van der Waals surface area contributed by atoms with E-state index < -0.39 is 16.1 Å². The normalized spacial score (nSPS) is 15.4. The van der Waals surface area contributed by atoms with Crippen molar-refractivity contribution < 1.29 is 18.9 Å². The smallest absolute Gasteiger partial charge is 0.290 e. The third kappa shape index (κ3) is 3.16. The van der Waals surface area contributed by atoms with Crippen molar-refractivity contribution in [1.82, 2.24) is 9.88 Å². The summed E-state index contributed by atoms with van der Waals surface area (Å²) in [6, 6.07) is 10.9. The van der Waals surface area contributed by atoms with Crippen molar-refractivity contribution in [3.05, 3.63) is 80.6 Å². The van der Waals surface area contributed by atoms with Gasteiger partial charge in [0.05, 0.1) is 27.3 Å². The first-order chi connectivity index (χ1) is 13.4. The first kappa shape index (κ1) is 17.9. The maximum atomic E-state index is 14.1. The molecular weight excluding hydrogens is 385 g/mol. The van der Waals surface area contributed by atoms with E-state index in [9.17, 15) is 24.1 Å². The number of fused-ring (bicyclic) bond motifs is 1.